The molecule has 0 radical (unpaired) electrons. The number of alkyl halides is 3. The van der Waals surface area contributed by atoms with Gasteiger partial charge in [-0.15, -0.1) is 0 Å². The van der Waals surface area contributed by atoms with Crippen LogP contribution in [0.25, 0.3) is 0 Å². The van der Waals surface area contributed by atoms with Crippen molar-refractivity contribution in [1.29, 1.82) is 0 Å². The first-order valence-electron chi connectivity index (χ1n) is 5.53. The van der Waals surface area contributed by atoms with Crippen LogP contribution in [-0.4, -0.2) is 40.7 Å². The van der Waals surface area contributed by atoms with Crippen LogP contribution >= 0.6 is 11.8 Å². The molecule has 0 amide bonds. The summed E-state index contributed by atoms with van der Waals surface area (Å²) in [5.74, 6) is 0.393. The normalized spacial score (nSPS) is 16.5. The van der Waals surface area contributed by atoms with Crippen molar-refractivity contribution in [2.24, 2.45) is 0 Å². The van der Waals surface area contributed by atoms with Crippen molar-refractivity contribution in [2.75, 3.05) is 29.5 Å². The van der Waals surface area contributed by atoms with Gasteiger partial charge in [-0.3, -0.25) is 0 Å². The van der Waals surface area contributed by atoms with Crippen molar-refractivity contribution >= 4 is 23.5 Å². The number of rotatable bonds is 2. The van der Waals surface area contributed by atoms with Gasteiger partial charge in [0, 0.05) is 30.8 Å². The highest BCUT2D eigenvalue weighted by Crippen LogP contribution is 2.33. The molecule has 0 saturated carbocycles. The standard InChI is InChI=1S/C11H11F3N2O2S/c12-11(13,14)8-6-15-9(5-7(8)10(17)18)16-1-3-19-4-2-16/h5-6H,1-4H2,(H,17,18). The Morgan fingerprint density at radius 2 is 2.00 bits per heavy atom. The maximum Gasteiger partial charge on any atom is 0.418 e. The number of nitrogens with zero attached hydrogens (tertiary/aromatic N) is 2. The lowest BCUT2D eigenvalue weighted by molar-refractivity contribution is -0.138. The summed E-state index contributed by atoms with van der Waals surface area (Å²) in [5, 5.41) is 8.90. The van der Waals surface area contributed by atoms with Crippen LogP contribution in [0.2, 0.25) is 0 Å². The molecule has 0 bridgehead atoms. The predicted molar refractivity (Wildman–Crippen MR) is 65.7 cm³/mol. The summed E-state index contributed by atoms with van der Waals surface area (Å²) in [5.41, 5.74) is -1.97. The van der Waals surface area contributed by atoms with Crippen molar-refractivity contribution in [3.8, 4) is 0 Å². The Kier molecular flexibility index (Phi) is 3.88. The van der Waals surface area contributed by atoms with Gasteiger partial charge in [-0.25, -0.2) is 9.78 Å². The lowest BCUT2D eigenvalue weighted by Crippen LogP contribution is -2.33. The molecule has 0 atom stereocenters. The van der Waals surface area contributed by atoms with E-state index in [9.17, 15) is 18.0 Å². The monoisotopic (exact) mass is 292 g/mol. The van der Waals surface area contributed by atoms with Gasteiger partial charge < -0.3 is 10.0 Å². The highest BCUT2D eigenvalue weighted by Gasteiger charge is 2.36. The highest BCUT2D eigenvalue weighted by molar-refractivity contribution is 7.99. The first-order chi connectivity index (χ1) is 8.89. The van der Waals surface area contributed by atoms with Crippen LogP contribution in [-0.2, 0) is 6.18 Å². The van der Waals surface area contributed by atoms with Gasteiger partial charge in [0.1, 0.15) is 5.82 Å². The van der Waals surface area contributed by atoms with Gasteiger partial charge in [-0.1, -0.05) is 0 Å². The van der Waals surface area contributed by atoms with Crippen LogP contribution in [0.15, 0.2) is 12.3 Å². The molecule has 2 heterocycles. The summed E-state index contributed by atoms with van der Waals surface area (Å²) in [4.78, 5) is 16.5. The first-order valence-corrected chi connectivity index (χ1v) is 6.68. The van der Waals surface area contributed by atoms with Crippen molar-refractivity contribution in [3.63, 3.8) is 0 Å². The van der Waals surface area contributed by atoms with E-state index in [1.54, 1.807) is 16.7 Å². The first kappa shape index (κ1) is 14.0. The Morgan fingerprint density at radius 1 is 1.37 bits per heavy atom. The number of thioether (sulfide) groups is 1. The molecular formula is C11H11F3N2O2S. The molecule has 0 spiro atoms. The lowest BCUT2D eigenvalue weighted by atomic mass is 10.1. The molecule has 2 rings (SSSR count). The van der Waals surface area contributed by atoms with Gasteiger partial charge in [0.25, 0.3) is 0 Å². The summed E-state index contributed by atoms with van der Waals surface area (Å²) < 4.78 is 38.0. The Hall–Kier alpha value is -1.44. The number of aromatic nitrogens is 1. The fourth-order valence-electron chi connectivity index (χ4n) is 1.81. The number of hydrogen-bond acceptors (Lipinski definition) is 4. The Morgan fingerprint density at radius 3 is 2.53 bits per heavy atom. The quantitative estimate of drug-likeness (QED) is 0.907. The largest absolute Gasteiger partial charge is 0.478 e. The van der Waals surface area contributed by atoms with E-state index in [1.165, 1.54) is 0 Å². The van der Waals surface area contributed by atoms with E-state index in [0.717, 1.165) is 17.6 Å². The van der Waals surface area contributed by atoms with Crippen LogP contribution in [0.1, 0.15) is 15.9 Å². The number of hydrogen-bond donors (Lipinski definition) is 1. The maximum absolute atomic E-state index is 12.7. The van der Waals surface area contributed by atoms with Crippen LogP contribution < -0.4 is 4.90 Å². The van der Waals surface area contributed by atoms with E-state index < -0.39 is 23.3 Å². The number of carbonyl (C=O) groups is 1. The summed E-state index contributed by atoms with van der Waals surface area (Å²) >= 11 is 1.75. The number of halogens is 3. The molecule has 1 N–H and O–H groups in total. The molecule has 8 heteroatoms. The fourth-order valence-corrected chi connectivity index (χ4v) is 2.72. The molecule has 104 valence electrons. The third-order valence-corrected chi connectivity index (χ3v) is 3.70. The molecule has 4 nitrogen and oxygen atoms in total. The van der Waals surface area contributed by atoms with Gasteiger partial charge in [0.05, 0.1) is 11.1 Å². The second-order valence-electron chi connectivity index (χ2n) is 3.99. The third kappa shape index (κ3) is 3.12. The zero-order chi connectivity index (χ0) is 14.0. The molecule has 1 aromatic heterocycles. The topological polar surface area (TPSA) is 53.4 Å². The SMILES string of the molecule is O=C(O)c1cc(N2CCSCC2)ncc1C(F)(F)F. The zero-order valence-corrected chi connectivity index (χ0v) is 10.6. The Bertz CT molecular complexity index is 487. The van der Waals surface area contributed by atoms with Crippen LogP contribution in [0, 0.1) is 0 Å². The molecule has 1 aliphatic rings. The summed E-state index contributed by atoms with van der Waals surface area (Å²) in [6, 6.07) is 1.00. The van der Waals surface area contributed by atoms with Crippen molar-refractivity contribution in [2.45, 2.75) is 6.18 Å². The van der Waals surface area contributed by atoms with E-state index in [1.807, 2.05) is 0 Å². The minimum absolute atomic E-state index is 0.283. The molecule has 1 fully saturated rings. The number of carboxylic acid groups (broad SMARTS) is 1. The Balaban J connectivity index is 2.38. The number of carboxylic acids is 1. The molecule has 1 saturated heterocycles. The van der Waals surface area contributed by atoms with Gasteiger partial charge in [0.15, 0.2) is 0 Å². The van der Waals surface area contributed by atoms with E-state index in [2.05, 4.69) is 4.98 Å². The Labute approximate surface area is 111 Å². The molecule has 0 aromatic carbocycles. The molecule has 0 aliphatic carbocycles. The number of pyridine rings is 1. The van der Waals surface area contributed by atoms with Crippen LogP contribution in [0.3, 0.4) is 0 Å². The van der Waals surface area contributed by atoms with Gasteiger partial charge >= 0.3 is 12.1 Å². The number of anilines is 1. The zero-order valence-electron chi connectivity index (χ0n) is 9.78. The minimum atomic E-state index is -4.71. The fraction of sp³-hybridized carbons (Fsp3) is 0.455. The second-order valence-corrected chi connectivity index (χ2v) is 5.22. The molecule has 0 unspecified atom stereocenters. The molecule has 1 aromatic rings. The lowest BCUT2D eigenvalue weighted by Gasteiger charge is -2.27. The predicted octanol–water partition coefficient (Wildman–Crippen LogP) is 2.35. The minimum Gasteiger partial charge on any atom is -0.478 e. The summed E-state index contributed by atoms with van der Waals surface area (Å²) in [6.07, 6.45) is -4.11. The molecule has 1 aliphatic heterocycles. The van der Waals surface area contributed by atoms with Gasteiger partial charge in [0.2, 0.25) is 0 Å². The summed E-state index contributed by atoms with van der Waals surface area (Å²) in [7, 11) is 0. The van der Waals surface area contributed by atoms with Crippen molar-refractivity contribution in [3.05, 3.63) is 23.4 Å². The smallest absolute Gasteiger partial charge is 0.418 e. The van der Waals surface area contributed by atoms with Crippen molar-refractivity contribution in [1.82, 2.24) is 4.98 Å². The highest BCUT2D eigenvalue weighted by atomic mass is 32.2. The van der Waals surface area contributed by atoms with Crippen molar-refractivity contribution < 1.29 is 23.1 Å². The van der Waals surface area contributed by atoms with E-state index >= 15 is 0 Å². The second kappa shape index (κ2) is 5.28. The average Bonchev–Trinajstić information content (AvgIpc) is 2.38. The average molecular weight is 292 g/mol. The molecular weight excluding hydrogens is 281 g/mol. The van der Waals surface area contributed by atoms with Gasteiger partial charge in [-0.05, 0) is 6.07 Å². The van der Waals surface area contributed by atoms with Gasteiger partial charge in [-0.2, -0.15) is 24.9 Å². The third-order valence-electron chi connectivity index (χ3n) is 2.76. The van der Waals surface area contributed by atoms with Crippen LogP contribution in [0.5, 0.6) is 0 Å². The van der Waals surface area contributed by atoms with E-state index in [0.29, 0.717) is 19.3 Å². The maximum atomic E-state index is 12.7. The van der Waals surface area contributed by atoms with E-state index in [4.69, 9.17) is 5.11 Å². The van der Waals surface area contributed by atoms with E-state index in [-0.39, 0.29) is 5.82 Å². The van der Waals surface area contributed by atoms with Crippen LogP contribution in [0.4, 0.5) is 19.0 Å². The molecule has 19 heavy (non-hydrogen) atoms. The number of aromatic carboxylic acids is 1. The summed E-state index contributed by atoms with van der Waals surface area (Å²) in [6.45, 7) is 1.31.